The van der Waals surface area contributed by atoms with Crippen LogP contribution in [0.1, 0.15) is 31.2 Å². The summed E-state index contributed by atoms with van der Waals surface area (Å²) in [4.78, 5) is 12.2. The first kappa shape index (κ1) is 14.5. The summed E-state index contributed by atoms with van der Waals surface area (Å²) in [6.07, 6.45) is 3.13. The van der Waals surface area contributed by atoms with Gasteiger partial charge in [-0.2, -0.15) is 0 Å². The molecule has 1 spiro atoms. The fourth-order valence-corrected chi connectivity index (χ4v) is 3.04. The monoisotopic (exact) mass is 293 g/mol. The molecule has 0 bridgehead atoms. The molecule has 1 aliphatic heterocycles. The molecule has 1 heterocycles. The maximum atomic E-state index is 12.8. The molecule has 0 radical (unpaired) electrons. The molecular weight excluding hydrogens is 273 g/mol. The van der Waals surface area contributed by atoms with Crippen LogP contribution in [-0.2, 0) is 20.8 Å². The first-order chi connectivity index (χ1) is 10.2. The second-order valence-corrected chi connectivity index (χ2v) is 5.73. The minimum absolute atomic E-state index is 0.0175. The Morgan fingerprint density at radius 3 is 2.43 bits per heavy atom. The van der Waals surface area contributed by atoms with E-state index in [1.54, 1.807) is 12.1 Å². The summed E-state index contributed by atoms with van der Waals surface area (Å²) in [6.45, 7) is 1.75. The molecule has 1 amide bonds. The van der Waals surface area contributed by atoms with E-state index in [0.29, 0.717) is 19.8 Å². The number of ether oxygens (including phenoxy) is 2. The zero-order valence-corrected chi connectivity index (χ0v) is 11.9. The Morgan fingerprint density at radius 2 is 1.81 bits per heavy atom. The third-order valence-electron chi connectivity index (χ3n) is 4.31. The van der Waals surface area contributed by atoms with Crippen LogP contribution in [0.15, 0.2) is 24.3 Å². The molecular formula is C16H20FNO3. The highest BCUT2D eigenvalue weighted by molar-refractivity contribution is 5.78. The molecule has 1 N–H and O–H groups in total. The highest BCUT2D eigenvalue weighted by atomic mass is 19.1. The summed E-state index contributed by atoms with van der Waals surface area (Å²) in [6, 6.07) is 6.18. The highest BCUT2D eigenvalue weighted by Crippen LogP contribution is 2.38. The van der Waals surface area contributed by atoms with E-state index in [0.717, 1.165) is 31.2 Å². The number of carbonyl (C=O) groups excluding carboxylic acids is 1. The van der Waals surface area contributed by atoms with Crippen LogP contribution in [0.3, 0.4) is 0 Å². The van der Waals surface area contributed by atoms with Gasteiger partial charge in [0.1, 0.15) is 5.82 Å². The van der Waals surface area contributed by atoms with Crippen LogP contribution in [0, 0.1) is 11.7 Å². The van der Waals surface area contributed by atoms with Gasteiger partial charge in [0.15, 0.2) is 5.79 Å². The van der Waals surface area contributed by atoms with Crippen molar-refractivity contribution < 1.29 is 18.7 Å². The minimum Gasteiger partial charge on any atom is -0.352 e. The summed E-state index contributed by atoms with van der Waals surface area (Å²) in [5.74, 6) is -0.608. The summed E-state index contributed by atoms with van der Waals surface area (Å²) in [5.41, 5.74) is 0.902. The van der Waals surface area contributed by atoms with E-state index in [2.05, 4.69) is 5.32 Å². The van der Waals surface area contributed by atoms with Crippen molar-refractivity contribution in [1.82, 2.24) is 5.32 Å². The maximum Gasteiger partial charge on any atom is 0.223 e. The molecule has 21 heavy (non-hydrogen) atoms. The second-order valence-electron chi connectivity index (χ2n) is 5.73. The largest absolute Gasteiger partial charge is 0.352 e. The van der Waals surface area contributed by atoms with E-state index in [-0.39, 0.29) is 17.6 Å². The second kappa shape index (κ2) is 6.12. The van der Waals surface area contributed by atoms with Gasteiger partial charge in [-0.3, -0.25) is 4.79 Å². The van der Waals surface area contributed by atoms with Crippen LogP contribution in [-0.4, -0.2) is 24.9 Å². The predicted molar refractivity (Wildman–Crippen MR) is 74.8 cm³/mol. The predicted octanol–water partition coefficient (Wildman–Crippen LogP) is 2.38. The Kier molecular flexibility index (Phi) is 4.22. The molecule has 3 rings (SSSR count). The van der Waals surface area contributed by atoms with E-state index in [9.17, 15) is 9.18 Å². The number of hydrogen-bond donors (Lipinski definition) is 1. The Morgan fingerprint density at radius 1 is 1.19 bits per heavy atom. The molecule has 1 saturated heterocycles. The van der Waals surface area contributed by atoms with Gasteiger partial charge in [-0.15, -0.1) is 0 Å². The molecule has 0 unspecified atom stereocenters. The fraction of sp³-hybridized carbons (Fsp3) is 0.562. The van der Waals surface area contributed by atoms with Crippen molar-refractivity contribution in [3.05, 3.63) is 35.6 Å². The molecule has 0 aromatic heterocycles. The molecule has 1 aromatic carbocycles. The van der Waals surface area contributed by atoms with Gasteiger partial charge in [0.2, 0.25) is 5.91 Å². The number of benzene rings is 1. The number of hydrogen-bond acceptors (Lipinski definition) is 3. The Balaban J connectivity index is 1.47. The van der Waals surface area contributed by atoms with E-state index in [1.165, 1.54) is 12.1 Å². The van der Waals surface area contributed by atoms with Gasteiger partial charge in [0.25, 0.3) is 0 Å². The van der Waals surface area contributed by atoms with Crippen molar-refractivity contribution in [1.29, 1.82) is 0 Å². The van der Waals surface area contributed by atoms with Gasteiger partial charge < -0.3 is 14.8 Å². The van der Waals surface area contributed by atoms with Gasteiger partial charge >= 0.3 is 0 Å². The molecule has 2 fully saturated rings. The number of nitrogens with one attached hydrogen (secondary N) is 1. The van der Waals surface area contributed by atoms with Gasteiger partial charge in [0, 0.05) is 25.3 Å². The molecule has 114 valence electrons. The summed E-state index contributed by atoms with van der Waals surface area (Å²) < 4.78 is 24.1. The number of amides is 1. The lowest BCUT2D eigenvalue weighted by atomic mass is 9.84. The summed E-state index contributed by atoms with van der Waals surface area (Å²) in [7, 11) is 0. The fourth-order valence-electron chi connectivity index (χ4n) is 3.04. The number of rotatable bonds is 3. The molecule has 2 aliphatic rings. The lowest BCUT2D eigenvalue weighted by molar-refractivity contribution is -0.183. The van der Waals surface area contributed by atoms with Crippen molar-refractivity contribution in [2.24, 2.45) is 5.92 Å². The normalized spacial score (nSPS) is 21.6. The lowest BCUT2D eigenvalue weighted by Gasteiger charge is -2.34. The van der Waals surface area contributed by atoms with Crippen LogP contribution < -0.4 is 5.32 Å². The standard InChI is InChI=1S/C16H20FNO3/c17-14-3-1-12(2-4-14)11-18-15(19)13-5-7-16(8-6-13)20-9-10-21-16/h1-4,13H,5-11H2,(H,18,19). The Labute approximate surface area is 123 Å². The SMILES string of the molecule is O=C(NCc1ccc(F)cc1)C1CCC2(CC1)OCCO2. The smallest absolute Gasteiger partial charge is 0.223 e. The van der Waals surface area contributed by atoms with Gasteiger partial charge in [0.05, 0.1) is 13.2 Å². The zero-order chi connectivity index (χ0) is 14.7. The van der Waals surface area contributed by atoms with Crippen LogP contribution in [0.25, 0.3) is 0 Å². The first-order valence-corrected chi connectivity index (χ1v) is 7.47. The van der Waals surface area contributed by atoms with E-state index in [4.69, 9.17) is 9.47 Å². The van der Waals surface area contributed by atoms with Crippen LogP contribution in [0.4, 0.5) is 4.39 Å². The molecule has 1 aromatic rings. The van der Waals surface area contributed by atoms with Crippen LogP contribution >= 0.6 is 0 Å². The first-order valence-electron chi connectivity index (χ1n) is 7.47. The van der Waals surface area contributed by atoms with Gasteiger partial charge in [-0.25, -0.2) is 4.39 Å². The third kappa shape index (κ3) is 3.41. The van der Waals surface area contributed by atoms with Crippen LogP contribution in [0.2, 0.25) is 0 Å². The van der Waals surface area contributed by atoms with Crippen molar-refractivity contribution in [2.75, 3.05) is 13.2 Å². The van der Waals surface area contributed by atoms with Gasteiger partial charge in [-0.1, -0.05) is 12.1 Å². The third-order valence-corrected chi connectivity index (χ3v) is 4.31. The molecule has 1 aliphatic carbocycles. The zero-order valence-electron chi connectivity index (χ0n) is 11.9. The van der Waals surface area contributed by atoms with Crippen molar-refractivity contribution >= 4 is 5.91 Å². The van der Waals surface area contributed by atoms with Crippen molar-refractivity contribution in [2.45, 2.75) is 38.0 Å². The average molecular weight is 293 g/mol. The summed E-state index contributed by atoms with van der Waals surface area (Å²) in [5, 5.41) is 2.92. The van der Waals surface area contributed by atoms with Crippen molar-refractivity contribution in [3.8, 4) is 0 Å². The van der Waals surface area contributed by atoms with E-state index >= 15 is 0 Å². The lowest BCUT2D eigenvalue weighted by Crippen LogP contribution is -2.40. The maximum absolute atomic E-state index is 12.8. The minimum atomic E-state index is -0.423. The molecule has 4 nitrogen and oxygen atoms in total. The summed E-state index contributed by atoms with van der Waals surface area (Å²) >= 11 is 0. The Bertz CT molecular complexity index is 487. The quantitative estimate of drug-likeness (QED) is 0.930. The highest BCUT2D eigenvalue weighted by Gasteiger charge is 2.41. The molecule has 5 heteroatoms. The molecule has 0 atom stereocenters. The van der Waals surface area contributed by atoms with E-state index < -0.39 is 5.79 Å². The number of halogens is 1. The topological polar surface area (TPSA) is 47.6 Å². The van der Waals surface area contributed by atoms with Crippen molar-refractivity contribution in [3.63, 3.8) is 0 Å². The molecule has 1 saturated carbocycles. The van der Waals surface area contributed by atoms with Crippen LogP contribution in [0.5, 0.6) is 0 Å². The van der Waals surface area contributed by atoms with Gasteiger partial charge in [-0.05, 0) is 30.5 Å². The average Bonchev–Trinajstić information content (AvgIpc) is 2.95. The number of carbonyl (C=O) groups is 1. The Hall–Kier alpha value is -1.46. The van der Waals surface area contributed by atoms with E-state index in [1.807, 2.05) is 0 Å².